The van der Waals surface area contributed by atoms with Gasteiger partial charge < -0.3 is 5.73 Å². The zero-order chi connectivity index (χ0) is 8.15. The fourth-order valence-electron chi connectivity index (χ4n) is 1.21. The average Bonchev–Trinajstić information content (AvgIpc) is 1.85. The van der Waals surface area contributed by atoms with Crippen molar-refractivity contribution in [2.45, 2.75) is 34.1 Å². The van der Waals surface area contributed by atoms with Crippen LogP contribution in [0.15, 0.2) is 0 Å². The second-order valence-corrected chi connectivity index (χ2v) is 3.82. The standard InChI is InChI=1S/C9H21N/c1-7(2)5-8(3)9(4)6-10/h7-9H,5-6,10H2,1-4H3/t8?,9-/m1/s1. The van der Waals surface area contributed by atoms with Crippen molar-refractivity contribution >= 4 is 0 Å². The van der Waals surface area contributed by atoms with Gasteiger partial charge in [-0.2, -0.15) is 0 Å². The molecule has 2 atom stereocenters. The fourth-order valence-corrected chi connectivity index (χ4v) is 1.21. The lowest BCUT2D eigenvalue weighted by Gasteiger charge is -2.19. The predicted molar refractivity (Wildman–Crippen MR) is 46.8 cm³/mol. The van der Waals surface area contributed by atoms with E-state index in [-0.39, 0.29) is 0 Å². The van der Waals surface area contributed by atoms with Crippen LogP contribution in [0.4, 0.5) is 0 Å². The van der Waals surface area contributed by atoms with Gasteiger partial charge in [0.05, 0.1) is 0 Å². The molecule has 1 unspecified atom stereocenters. The summed E-state index contributed by atoms with van der Waals surface area (Å²) in [4.78, 5) is 0. The number of hydrogen-bond acceptors (Lipinski definition) is 1. The van der Waals surface area contributed by atoms with E-state index in [1.807, 2.05) is 0 Å². The minimum absolute atomic E-state index is 0.683. The van der Waals surface area contributed by atoms with Crippen LogP contribution >= 0.6 is 0 Å². The van der Waals surface area contributed by atoms with Gasteiger partial charge in [0, 0.05) is 0 Å². The van der Waals surface area contributed by atoms with Gasteiger partial charge in [-0.1, -0.05) is 27.7 Å². The Morgan fingerprint density at radius 2 is 1.50 bits per heavy atom. The normalized spacial score (nSPS) is 17.4. The summed E-state index contributed by atoms with van der Waals surface area (Å²) in [5, 5.41) is 0. The van der Waals surface area contributed by atoms with Crippen LogP contribution in [0, 0.1) is 17.8 Å². The summed E-state index contributed by atoms with van der Waals surface area (Å²) in [6.45, 7) is 9.87. The molecular weight excluding hydrogens is 122 g/mol. The molecule has 0 fully saturated rings. The summed E-state index contributed by atoms with van der Waals surface area (Å²) < 4.78 is 0. The lowest BCUT2D eigenvalue weighted by Crippen LogP contribution is -2.19. The molecule has 0 amide bonds. The van der Waals surface area contributed by atoms with Crippen LogP contribution in [-0.4, -0.2) is 6.54 Å². The first kappa shape index (κ1) is 9.96. The highest BCUT2D eigenvalue weighted by atomic mass is 14.5. The van der Waals surface area contributed by atoms with E-state index in [9.17, 15) is 0 Å². The van der Waals surface area contributed by atoms with E-state index in [0.717, 1.165) is 18.4 Å². The van der Waals surface area contributed by atoms with Crippen LogP contribution in [-0.2, 0) is 0 Å². The van der Waals surface area contributed by atoms with Gasteiger partial charge in [-0.05, 0) is 30.7 Å². The Kier molecular flexibility index (Phi) is 4.71. The molecule has 0 bridgehead atoms. The molecule has 0 aliphatic carbocycles. The molecule has 10 heavy (non-hydrogen) atoms. The molecule has 0 aromatic rings. The van der Waals surface area contributed by atoms with Gasteiger partial charge in [0.15, 0.2) is 0 Å². The smallest absolute Gasteiger partial charge is 0.00490 e. The van der Waals surface area contributed by atoms with Crippen molar-refractivity contribution in [1.82, 2.24) is 0 Å². The summed E-state index contributed by atoms with van der Waals surface area (Å²) in [5.41, 5.74) is 5.55. The van der Waals surface area contributed by atoms with Gasteiger partial charge in [-0.15, -0.1) is 0 Å². The van der Waals surface area contributed by atoms with Gasteiger partial charge in [-0.3, -0.25) is 0 Å². The molecule has 62 valence electrons. The lowest BCUT2D eigenvalue weighted by molar-refractivity contribution is 0.330. The largest absolute Gasteiger partial charge is 0.330 e. The first-order chi connectivity index (χ1) is 4.57. The fraction of sp³-hybridized carbons (Fsp3) is 1.00. The maximum atomic E-state index is 5.55. The highest BCUT2D eigenvalue weighted by molar-refractivity contribution is 4.63. The van der Waals surface area contributed by atoms with E-state index in [0.29, 0.717) is 5.92 Å². The van der Waals surface area contributed by atoms with Crippen LogP contribution in [0.2, 0.25) is 0 Å². The lowest BCUT2D eigenvalue weighted by atomic mass is 9.88. The van der Waals surface area contributed by atoms with Crippen molar-refractivity contribution in [3.63, 3.8) is 0 Å². The summed E-state index contributed by atoms with van der Waals surface area (Å²) in [6.07, 6.45) is 1.30. The van der Waals surface area contributed by atoms with E-state index in [1.165, 1.54) is 6.42 Å². The molecule has 0 rings (SSSR count). The van der Waals surface area contributed by atoms with E-state index >= 15 is 0 Å². The van der Waals surface area contributed by atoms with Gasteiger partial charge >= 0.3 is 0 Å². The summed E-state index contributed by atoms with van der Waals surface area (Å²) >= 11 is 0. The molecule has 0 aliphatic rings. The molecular formula is C9H21N. The zero-order valence-corrected chi connectivity index (χ0v) is 7.72. The number of rotatable bonds is 4. The third-order valence-electron chi connectivity index (χ3n) is 2.19. The molecule has 0 heterocycles. The molecule has 0 aromatic carbocycles. The van der Waals surface area contributed by atoms with Gasteiger partial charge in [0.25, 0.3) is 0 Å². The molecule has 0 saturated carbocycles. The molecule has 0 aromatic heterocycles. The Balaban J connectivity index is 3.50. The molecule has 0 radical (unpaired) electrons. The van der Waals surface area contributed by atoms with Gasteiger partial charge in [0.2, 0.25) is 0 Å². The molecule has 0 saturated heterocycles. The van der Waals surface area contributed by atoms with Crippen LogP contribution < -0.4 is 5.73 Å². The van der Waals surface area contributed by atoms with Crippen LogP contribution in [0.25, 0.3) is 0 Å². The molecule has 0 spiro atoms. The van der Waals surface area contributed by atoms with Crippen LogP contribution in [0.3, 0.4) is 0 Å². The second-order valence-electron chi connectivity index (χ2n) is 3.82. The van der Waals surface area contributed by atoms with Gasteiger partial charge in [-0.25, -0.2) is 0 Å². The first-order valence-corrected chi connectivity index (χ1v) is 4.28. The maximum absolute atomic E-state index is 5.55. The van der Waals surface area contributed by atoms with E-state index in [4.69, 9.17) is 5.73 Å². The summed E-state index contributed by atoms with van der Waals surface area (Å²) in [5.74, 6) is 2.27. The minimum Gasteiger partial charge on any atom is -0.330 e. The second kappa shape index (κ2) is 4.73. The maximum Gasteiger partial charge on any atom is -0.00490 e. The Bertz CT molecular complexity index is 78.8. The van der Waals surface area contributed by atoms with E-state index < -0.39 is 0 Å². The van der Waals surface area contributed by atoms with Crippen molar-refractivity contribution < 1.29 is 0 Å². The number of hydrogen-bond donors (Lipinski definition) is 1. The average molecular weight is 143 g/mol. The Morgan fingerprint density at radius 1 is 1.00 bits per heavy atom. The van der Waals surface area contributed by atoms with Crippen molar-refractivity contribution in [2.24, 2.45) is 23.5 Å². The van der Waals surface area contributed by atoms with Crippen LogP contribution in [0.1, 0.15) is 34.1 Å². The highest BCUT2D eigenvalue weighted by Crippen LogP contribution is 2.18. The number of nitrogens with two attached hydrogens (primary N) is 1. The molecule has 1 heteroatoms. The van der Waals surface area contributed by atoms with Crippen molar-refractivity contribution in [3.05, 3.63) is 0 Å². The van der Waals surface area contributed by atoms with Crippen molar-refractivity contribution in [3.8, 4) is 0 Å². The zero-order valence-electron chi connectivity index (χ0n) is 7.72. The Labute approximate surface area is 65.0 Å². The third-order valence-corrected chi connectivity index (χ3v) is 2.19. The van der Waals surface area contributed by atoms with Gasteiger partial charge in [0.1, 0.15) is 0 Å². The SMILES string of the molecule is CC(C)CC(C)[C@H](C)CN. The predicted octanol–water partition coefficient (Wildman–Crippen LogP) is 2.26. The van der Waals surface area contributed by atoms with Crippen molar-refractivity contribution in [2.75, 3.05) is 6.54 Å². The van der Waals surface area contributed by atoms with Crippen molar-refractivity contribution in [1.29, 1.82) is 0 Å². The summed E-state index contributed by atoms with van der Waals surface area (Å²) in [6, 6.07) is 0. The Hall–Kier alpha value is -0.0400. The monoisotopic (exact) mass is 143 g/mol. The molecule has 2 N–H and O–H groups in total. The topological polar surface area (TPSA) is 26.0 Å². The minimum atomic E-state index is 0.683. The third kappa shape index (κ3) is 3.89. The highest BCUT2D eigenvalue weighted by Gasteiger charge is 2.11. The molecule has 1 nitrogen and oxygen atoms in total. The quantitative estimate of drug-likeness (QED) is 0.642. The van der Waals surface area contributed by atoms with E-state index in [2.05, 4.69) is 27.7 Å². The first-order valence-electron chi connectivity index (χ1n) is 4.28. The van der Waals surface area contributed by atoms with Crippen LogP contribution in [0.5, 0.6) is 0 Å². The Morgan fingerprint density at radius 3 is 1.80 bits per heavy atom. The van der Waals surface area contributed by atoms with E-state index in [1.54, 1.807) is 0 Å². The molecule has 0 aliphatic heterocycles. The summed E-state index contributed by atoms with van der Waals surface area (Å²) in [7, 11) is 0.